The Morgan fingerprint density at radius 1 is 1.03 bits per heavy atom. The number of benzene rings is 3. The molecule has 4 aromatic rings. The van der Waals surface area contributed by atoms with Crippen LogP contribution in [0.5, 0.6) is 5.75 Å². The molecule has 1 aromatic heterocycles. The smallest absolute Gasteiger partial charge is 0.310 e. The molecule has 1 fully saturated rings. The first-order chi connectivity index (χ1) is 16.7. The number of rotatable bonds is 9. The van der Waals surface area contributed by atoms with E-state index in [1.807, 2.05) is 24.3 Å². The standard InChI is InChI=1S/C29H29NO4/c1-2-32-28(31)15-22-7-3-4-9-27(22)33-17-24-18-34-29-25(20-10-11-20)13-23(14-26(24)29)21-8-5-6-19(12-21)16-30/h3-9,12-14,18,20H,2,10-11,15-17,30H2,1H3. The van der Waals surface area contributed by atoms with Crippen molar-refractivity contribution in [3.63, 3.8) is 0 Å². The zero-order valence-corrected chi connectivity index (χ0v) is 19.4. The van der Waals surface area contributed by atoms with Crippen LogP contribution in [0.2, 0.25) is 0 Å². The number of furan rings is 1. The SMILES string of the molecule is CCOC(=O)Cc1ccccc1OCc1coc2c(C3CC3)cc(-c3cccc(CN)c3)cc12. The first-order valence-electron chi connectivity index (χ1n) is 11.9. The monoisotopic (exact) mass is 455 g/mol. The molecule has 0 aliphatic heterocycles. The van der Waals surface area contributed by atoms with Crippen molar-refractivity contribution in [2.24, 2.45) is 5.73 Å². The number of esters is 1. The third kappa shape index (κ3) is 4.70. The molecule has 174 valence electrons. The van der Waals surface area contributed by atoms with Crippen molar-refractivity contribution >= 4 is 16.9 Å². The molecule has 1 saturated carbocycles. The summed E-state index contributed by atoms with van der Waals surface area (Å²) >= 11 is 0. The second-order valence-corrected chi connectivity index (χ2v) is 8.76. The van der Waals surface area contributed by atoms with Gasteiger partial charge in [0.2, 0.25) is 0 Å². The van der Waals surface area contributed by atoms with E-state index in [9.17, 15) is 4.79 Å². The molecule has 0 radical (unpaired) electrons. The molecule has 34 heavy (non-hydrogen) atoms. The van der Waals surface area contributed by atoms with Crippen molar-refractivity contribution in [3.8, 4) is 16.9 Å². The maximum atomic E-state index is 12.0. The van der Waals surface area contributed by atoms with Crippen molar-refractivity contribution in [3.05, 3.63) is 89.2 Å². The number of hydrogen-bond donors (Lipinski definition) is 1. The summed E-state index contributed by atoms with van der Waals surface area (Å²) in [6, 6.07) is 20.4. The Morgan fingerprint density at radius 3 is 2.68 bits per heavy atom. The van der Waals surface area contributed by atoms with Gasteiger partial charge >= 0.3 is 5.97 Å². The van der Waals surface area contributed by atoms with E-state index in [0.29, 0.717) is 31.4 Å². The lowest BCUT2D eigenvalue weighted by molar-refractivity contribution is -0.142. The Hall–Kier alpha value is -3.57. The molecular formula is C29H29NO4. The van der Waals surface area contributed by atoms with E-state index in [1.54, 1.807) is 13.2 Å². The molecule has 0 bridgehead atoms. The summed E-state index contributed by atoms with van der Waals surface area (Å²) in [5, 5.41) is 1.07. The van der Waals surface area contributed by atoms with Gasteiger partial charge in [0.15, 0.2) is 0 Å². The van der Waals surface area contributed by atoms with Crippen LogP contribution < -0.4 is 10.5 Å². The van der Waals surface area contributed by atoms with Gasteiger partial charge in [-0.25, -0.2) is 0 Å². The summed E-state index contributed by atoms with van der Waals surface area (Å²) in [6.07, 6.45) is 4.36. The van der Waals surface area contributed by atoms with Gasteiger partial charge in [-0.3, -0.25) is 4.79 Å². The zero-order chi connectivity index (χ0) is 23.5. The molecule has 0 spiro atoms. The highest BCUT2D eigenvalue weighted by molar-refractivity contribution is 5.90. The lowest BCUT2D eigenvalue weighted by atomic mass is 9.96. The van der Waals surface area contributed by atoms with Crippen molar-refractivity contribution in [1.82, 2.24) is 0 Å². The second-order valence-electron chi connectivity index (χ2n) is 8.76. The summed E-state index contributed by atoms with van der Waals surface area (Å²) in [5.41, 5.74) is 13.3. The van der Waals surface area contributed by atoms with Crippen LogP contribution in [0.25, 0.3) is 22.1 Å². The first-order valence-corrected chi connectivity index (χ1v) is 11.9. The van der Waals surface area contributed by atoms with Crippen LogP contribution in [-0.2, 0) is 29.1 Å². The summed E-state index contributed by atoms with van der Waals surface area (Å²) in [6.45, 7) is 3.04. The molecule has 1 aliphatic carbocycles. The van der Waals surface area contributed by atoms with E-state index >= 15 is 0 Å². The van der Waals surface area contributed by atoms with Gasteiger partial charge in [-0.15, -0.1) is 0 Å². The Labute approximate surface area is 199 Å². The van der Waals surface area contributed by atoms with E-state index in [-0.39, 0.29) is 12.4 Å². The van der Waals surface area contributed by atoms with Crippen molar-refractivity contribution in [1.29, 1.82) is 0 Å². The van der Waals surface area contributed by atoms with Gasteiger partial charge in [-0.2, -0.15) is 0 Å². The molecule has 0 unspecified atom stereocenters. The largest absolute Gasteiger partial charge is 0.488 e. The fourth-order valence-electron chi connectivity index (χ4n) is 4.38. The maximum Gasteiger partial charge on any atom is 0.310 e. The van der Waals surface area contributed by atoms with E-state index in [1.165, 1.54) is 18.4 Å². The molecule has 0 saturated heterocycles. The van der Waals surface area contributed by atoms with E-state index in [2.05, 4.69) is 36.4 Å². The quantitative estimate of drug-likeness (QED) is 0.308. The summed E-state index contributed by atoms with van der Waals surface area (Å²) in [4.78, 5) is 12.0. The molecule has 0 atom stereocenters. The number of carbonyl (C=O) groups is 1. The Kier molecular flexibility index (Phi) is 6.37. The number of ether oxygens (including phenoxy) is 2. The lowest BCUT2D eigenvalue weighted by Crippen LogP contribution is -2.09. The summed E-state index contributed by atoms with van der Waals surface area (Å²) in [7, 11) is 0. The number of hydrogen-bond acceptors (Lipinski definition) is 5. The Bertz CT molecular complexity index is 1320. The van der Waals surface area contributed by atoms with Gasteiger partial charge < -0.3 is 19.6 Å². The van der Waals surface area contributed by atoms with Gasteiger partial charge in [0.25, 0.3) is 0 Å². The summed E-state index contributed by atoms with van der Waals surface area (Å²) < 4.78 is 17.3. The fourth-order valence-corrected chi connectivity index (χ4v) is 4.38. The van der Waals surface area contributed by atoms with Crippen LogP contribution in [-0.4, -0.2) is 12.6 Å². The predicted molar refractivity (Wildman–Crippen MR) is 133 cm³/mol. The first kappa shape index (κ1) is 22.2. The molecule has 2 N–H and O–H groups in total. The fraction of sp³-hybridized carbons (Fsp3) is 0.276. The van der Waals surface area contributed by atoms with Crippen LogP contribution in [0.1, 0.15) is 47.9 Å². The number of nitrogens with two attached hydrogens (primary N) is 1. The highest BCUT2D eigenvalue weighted by Crippen LogP contribution is 2.45. The van der Waals surface area contributed by atoms with E-state index in [0.717, 1.165) is 38.8 Å². The minimum Gasteiger partial charge on any atom is -0.488 e. The third-order valence-electron chi connectivity index (χ3n) is 6.29. The number of para-hydroxylation sites is 1. The van der Waals surface area contributed by atoms with Gasteiger partial charge in [0.1, 0.15) is 17.9 Å². The van der Waals surface area contributed by atoms with E-state index < -0.39 is 0 Å². The van der Waals surface area contributed by atoms with Crippen LogP contribution in [0.3, 0.4) is 0 Å². The molecule has 5 rings (SSSR count). The molecule has 5 heteroatoms. The van der Waals surface area contributed by atoms with Gasteiger partial charge in [0, 0.05) is 23.1 Å². The van der Waals surface area contributed by atoms with Crippen LogP contribution in [0, 0.1) is 0 Å². The average Bonchev–Trinajstić information content (AvgIpc) is 3.63. The minimum absolute atomic E-state index is 0.184. The molecule has 1 heterocycles. The van der Waals surface area contributed by atoms with Crippen LogP contribution >= 0.6 is 0 Å². The Balaban J connectivity index is 1.46. The third-order valence-corrected chi connectivity index (χ3v) is 6.29. The topological polar surface area (TPSA) is 74.7 Å². The highest BCUT2D eigenvalue weighted by atomic mass is 16.5. The van der Waals surface area contributed by atoms with Crippen molar-refractivity contribution in [2.45, 2.75) is 45.3 Å². The van der Waals surface area contributed by atoms with Crippen LogP contribution in [0.15, 0.2) is 71.3 Å². The predicted octanol–water partition coefficient (Wildman–Crippen LogP) is 6.12. The van der Waals surface area contributed by atoms with Gasteiger partial charge in [-0.05, 0) is 72.2 Å². The van der Waals surface area contributed by atoms with Crippen molar-refractivity contribution in [2.75, 3.05) is 6.61 Å². The van der Waals surface area contributed by atoms with Crippen LogP contribution in [0.4, 0.5) is 0 Å². The average molecular weight is 456 g/mol. The zero-order valence-electron chi connectivity index (χ0n) is 19.4. The second kappa shape index (κ2) is 9.74. The molecule has 3 aromatic carbocycles. The van der Waals surface area contributed by atoms with Gasteiger partial charge in [-0.1, -0.05) is 36.4 Å². The number of fused-ring (bicyclic) bond motifs is 1. The summed E-state index contributed by atoms with van der Waals surface area (Å²) in [5.74, 6) is 0.968. The maximum absolute atomic E-state index is 12.0. The number of carbonyl (C=O) groups excluding carboxylic acids is 1. The molecule has 0 amide bonds. The Morgan fingerprint density at radius 2 is 1.88 bits per heavy atom. The minimum atomic E-state index is -0.259. The highest BCUT2D eigenvalue weighted by Gasteiger charge is 2.28. The molecule has 1 aliphatic rings. The van der Waals surface area contributed by atoms with E-state index in [4.69, 9.17) is 19.6 Å². The normalized spacial score (nSPS) is 13.2. The molecular weight excluding hydrogens is 426 g/mol. The van der Waals surface area contributed by atoms with Gasteiger partial charge in [0.05, 0.1) is 19.3 Å². The molecule has 5 nitrogen and oxygen atoms in total. The lowest BCUT2D eigenvalue weighted by Gasteiger charge is -2.11. The van der Waals surface area contributed by atoms with Crippen molar-refractivity contribution < 1.29 is 18.7 Å².